The predicted octanol–water partition coefficient (Wildman–Crippen LogP) is -1.44. The summed E-state index contributed by atoms with van der Waals surface area (Å²) in [5.74, 6) is -1.82. The van der Waals surface area contributed by atoms with Gasteiger partial charge in [0.05, 0.1) is 25.3 Å². The zero-order chi connectivity index (χ0) is 23.8. The van der Waals surface area contributed by atoms with E-state index in [-0.39, 0.29) is 28.5 Å². The van der Waals surface area contributed by atoms with Crippen molar-refractivity contribution in [3.63, 3.8) is 0 Å². The van der Waals surface area contributed by atoms with Gasteiger partial charge in [-0.3, -0.25) is 4.79 Å². The molecule has 174 valence electrons. The average Bonchev–Trinajstić information content (AvgIpc) is 3.40. The average molecular weight is 455 g/mol. The van der Waals surface area contributed by atoms with Gasteiger partial charge in [0.1, 0.15) is 12.2 Å². The second-order valence-corrected chi connectivity index (χ2v) is 7.27. The molecular formula is C20H25N9O4. The van der Waals surface area contributed by atoms with Gasteiger partial charge in [-0.1, -0.05) is 43.3 Å². The molecule has 0 saturated heterocycles. The molecule has 0 fully saturated rings. The Morgan fingerprint density at radius 2 is 1.97 bits per heavy atom. The second kappa shape index (κ2) is 10.9. The first kappa shape index (κ1) is 23.5. The molecule has 33 heavy (non-hydrogen) atoms. The fourth-order valence-corrected chi connectivity index (χ4v) is 3.40. The standard InChI is InChI=1S/C20H25N9O4/c1-3-9-28(10-4-2)12-15-16(23-27-29(15)18-17(21)25-33-26-18)19(30)24-22-11-13-7-5-6-8-14(13)20(31)32/h5-8,11H,3-4,9-10,12H2,1-2H3,(H2,21,25)(H,24,30)(H,31,32). The third kappa shape index (κ3) is 5.57. The van der Waals surface area contributed by atoms with Crippen molar-refractivity contribution in [1.29, 1.82) is 0 Å². The smallest absolute Gasteiger partial charge is 0.294 e. The molecule has 0 aliphatic rings. The van der Waals surface area contributed by atoms with Crippen LogP contribution < -0.4 is 21.2 Å². The normalized spacial score (nSPS) is 11.4. The third-order valence-corrected chi connectivity index (χ3v) is 4.85. The molecule has 1 amide bonds. The summed E-state index contributed by atoms with van der Waals surface area (Å²) in [4.78, 5) is 25.3. The second-order valence-electron chi connectivity index (χ2n) is 7.27. The van der Waals surface area contributed by atoms with Crippen molar-refractivity contribution in [3.8, 4) is 5.82 Å². The molecule has 0 radical (unpaired) electrons. The van der Waals surface area contributed by atoms with E-state index in [1.54, 1.807) is 18.2 Å². The van der Waals surface area contributed by atoms with Crippen LogP contribution in [0, 0.1) is 0 Å². The fourth-order valence-electron chi connectivity index (χ4n) is 3.40. The van der Waals surface area contributed by atoms with Crippen molar-refractivity contribution in [3.05, 3.63) is 46.8 Å². The summed E-state index contributed by atoms with van der Waals surface area (Å²) in [6.07, 6.45) is 3.13. The topological polar surface area (TPSA) is 182 Å². The molecule has 1 aromatic carbocycles. The zero-order valence-electron chi connectivity index (χ0n) is 18.3. The quantitative estimate of drug-likeness (QED) is 0.230. The fraction of sp³-hybridized carbons (Fsp3) is 0.350. The van der Waals surface area contributed by atoms with Crippen LogP contribution in [-0.4, -0.2) is 56.5 Å². The van der Waals surface area contributed by atoms with E-state index in [2.05, 4.69) is 49.6 Å². The lowest BCUT2D eigenvalue weighted by Crippen LogP contribution is -3.10. The Kier molecular flexibility index (Phi) is 7.81. The number of hydrogen-bond acceptors (Lipinski definition) is 10. The van der Waals surface area contributed by atoms with Gasteiger partial charge in [-0.05, 0) is 23.2 Å². The monoisotopic (exact) mass is 455 g/mol. The molecular weight excluding hydrogens is 430 g/mol. The van der Waals surface area contributed by atoms with Gasteiger partial charge < -0.3 is 20.5 Å². The maximum Gasteiger partial charge on any atom is 0.294 e. The SMILES string of the molecule is CCC[NH+](CCC)Cc1c(C(=O)NN=Cc2ccccc2C(=O)[O-])nnn1-c1nonc1N. The van der Waals surface area contributed by atoms with E-state index in [4.69, 9.17) is 5.73 Å². The molecule has 13 nitrogen and oxygen atoms in total. The molecule has 0 aliphatic carbocycles. The summed E-state index contributed by atoms with van der Waals surface area (Å²) in [6.45, 7) is 6.35. The molecule has 0 unspecified atom stereocenters. The number of amides is 1. The Balaban J connectivity index is 1.88. The first-order valence-electron chi connectivity index (χ1n) is 10.5. The number of carbonyl (C=O) groups excluding carboxylic acids is 2. The Labute approximate surface area is 189 Å². The minimum atomic E-state index is -1.35. The van der Waals surface area contributed by atoms with Gasteiger partial charge in [-0.15, -0.1) is 5.10 Å². The molecule has 4 N–H and O–H groups in total. The number of rotatable bonds is 11. The number of nitrogens with zero attached hydrogens (tertiary/aromatic N) is 6. The summed E-state index contributed by atoms with van der Waals surface area (Å²) in [6, 6.07) is 6.14. The number of benzene rings is 1. The van der Waals surface area contributed by atoms with Gasteiger partial charge in [0.15, 0.2) is 5.69 Å². The number of hydrazone groups is 1. The third-order valence-electron chi connectivity index (χ3n) is 4.85. The lowest BCUT2D eigenvalue weighted by atomic mass is 10.1. The van der Waals surface area contributed by atoms with E-state index in [1.807, 2.05) is 0 Å². The van der Waals surface area contributed by atoms with Crippen molar-refractivity contribution < 1.29 is 24.2 Å². The number of nitrogens with two attached hydrogens (primary N) is 1. The maximum absolute atomic E-state index is 12.9. The molecule has 3 rings (SSSR count). The highest BCUT2D eigenvalue weighted by Crippen LogP contribution is 2.15. The lowest BCUT2D eigenvalue weighted by molar-refractivity contribution is -0.914. The molecule has 0 aliphatic heterocycles. The van der Waals surface area contributed by atoms with Gasteiger partial charge in [0.25, 0.3) is 5.91 Å². The number of nitrogens with one attached hydrogen (secondary N) is 2. The molecule has 2 aromatic heterocycles. The van der Waals surface area contributed by atoms with E-state index < -0.39 is 11.9 Å². The Bertz CT molecular complexity index is 1130. The Morgan fingerprint density at radius 1 is 1.24 bits per heavy atom. The molecule has 3 aromatic rings. The summed E-state index contributed by atoms with van der Waals surface area (Å²) in [7, 11) is 0. The van der Waals surface area contributed by atoms with Crippen molar-refractivity contribution in [2.75, 3.05) is 18.8 Å². The van der Waals surface area contributed by atoms with Crippen LogP contribution in [0.15, 0.2) is 34.0 Å². The largest absolute Gasteiger partial charge is 0.545 e. The predicted molar refractivity (Wildman–Crippen MR) is 114 cm³/mol. The molecule has 0 saturated carbocycles. The van der Waals surface area contributed by atoms with Gasteiger partial charge in [0, 0.05) is 11.1 Å². The van der Waals surface area contributed by atoms with Crippen LogP contribution in [0.1, 0.15) is 58.8 Å². The van der Waals surface area contributed by atoms with Gasteiger partial charge in [-0.25, -0.2) is 10.1 Å². The molecule has 2 heterocycles. The van der Waals surface area contributed by atoms with E-state index in [9.17, 15) is 14.7 Å². The number of aromatic carboxylic acids is 1. The lowest BCUT2D eigenvalue weighted by Gasteiger charge is -2.18. The van der Waals surface area contributed by atoms with Crippen molar-refractivity contribution >= 4 is 23.9 Å². The van der Waals surface area contributed by atoms with Crippen LogP contribution in [0.4, 0.5) is 5.82 Å². The van der Waals surface area contributed by atoms with E-state index in [0.717, 1.165) is 25.9 Å². The van der Waals surface area contributed by atoms with Gasteiger partial charge >= 0.3 is 0 Å². The summed E-state index contributed by atoms with van der Waals surface area (Å²) >= 11 is 0. The van der Waals surface area contributed by atoms with Crippen LogP contribution in [0.25, 0.3) is 5.82 Å². The van der Waals surface area contributed by atoms with E-state index in [0.29, 0.717) is 12.2 Å². The minimum Gasteiger partial charge on any atom is -0.545 e. The first-order chi connectivity index (χ1) is 16.0. The van der Waals surface area contributed by atoms with Crippen LogP contribution in [-0.2, 0) is 6.54 Å². The van der Waals surface area contributed by atoms with Crippen LogP contribution >= 0.6 is 0 Å². The van der Waals surface area contributed by atoms with Crippen LogP contribution in [0.5, 0.6) is 0 Å². The number of carbonyl (C=O) groups is 2. The highest BCUT2D eigenvalue weighted by molar-refractivity contribution is 5.98. The number of carboxylic acid groups (broad SMARTS) is 1. The Hall–Kier alpha value is -4.13. The Morgan fingerprint density at radius 3 is 2.61 bits per heavy atom. The molecule has 0 atom stereocenters. The van der Waals surface area contributed by atoms with Crippen molar-refractivity contribution in [1.82, 2.24) is 30.7 Å². The minimum absolute atomic E-state index is 0.0116. The maximum atomic E-state index is 12.9. The first-order valence-corrected chi connectivity index (χ1v) is 10.5. The number of carboxylic acids is 1. The number of hydrogen-bond donors (Lipinski definition) is 3. The highest BCUT2D eigenvalue weighted by Gasteiger charge is 2.27. The summed E-state index contributed by atoms with van der Waals surface area (Å²) in [5.41, 5.74) is 8.92. The number of quaternary nitrogens is 1. The van der Waals surface area contributed by atoms with Crippen molar-refractivity contribution in [2.45, 2.75) is 33.2 Å². The summed E-state index contributed by atoms with van der Waals surface area (Å²) < 4.78 is 6.01. The van der Waals surface area contributed by atoms with Crippen LogP contribution in [0.3, 0.4) is 0 Å². The zero-order valence-corrected chi connectivity index (χ0v) is 18.3. The number of anilines is 1. The van der Waals surface area contributed by atoms with Crippen molar-refractivity contribution in [2.24, 2.45) is 5.10 Å². The highest BCUT2D eigenvalue weighted by atomic mass is 16.6. The number of aromatic nitrogens is 5. The number of nitrogen functional groups attached to an aromatic ring is 1. The van der Waals surface area contributed by atoms with Gasteiger partial charge in [0.2, 0.25) is 11.6 Å². The van der Waals surface area contributed by atoms with Crippen LogP contribution in [0.2, 0.25) is 0 Å². The molecule has 0 bridgehead atoms. The van der Waals surface area contributed by atoms with E-state index >= 15 is 0 Å². The molecule has 0 spiro atoms. The van der Waals surface area contributed by atoms with Gasteiger partial charge in [-0.2, -0.15) is 9.78 Å². The summed E-state index contributed by atoms with van der Waals surface area (Å²) in [5, 5.41) is 30.5. The molecule has 13 heteroatoms. The van der Waals surface area contributed by atoms with E-state index in [1.165, 1.54) is 21.9 Å².